The summed E-state index contributed by atoms with van der Waals surface area (Å²) in [4.78, 5) is 22.4. The van der Waals surface area contributed by atoms with Gasteiger partial charge < -0.3 is 0 Å². The molecule has 0 heterocycles. The number of nitrogens with one attached hydrogen (secondary N) is 1. The van der Waals surface area contributed by atoms with Crippen LogP contribution in [0.3, 0.4) is 0 Å². The van der Waals surface area contributed by atoms with E-state index in [4.69, 9.17) is 0 Å². The fraction of sp³-hybridized carbons (Fsp3) is 0.840. The van der Waals surface area contributed by atoms with E-state index in [1.54, 1.807) is 0 Å². The molecule has 0 aliphatic carbocycles. The number of imide groups is 1. The van der Waals surface area contributed by atoms with Crippen molar-refractivity contribution in [2.75, 3.05) is 0 Å². The van der Waals surface area contributed by atoms with Gasteiger partial charge in [-0.3, -0.25) is 14.9 Å². The molecular weight excluding hydrogens is 346 g/mol. The van der Waals surface area contributed by atoms with Crippen LogP contribution < -0.4 is 5.32 Å². The lowest BCUT2D eigenvalue weighted by Crippen LogP contribution is -2.28. The molecule has 0 radical (unpaired) electrons. The molecule has 1 N–H and O–H groups in total. The van der Waals surface area contributed by atoms with E-state index in [0.29, 0.717) is 6.42 Å². The van der Waals surface area contributed by atoms with E-state index in [1.165, 1.54) is 109 Å². The topological polar surface area (TPSA) is 46.2 Å². The van der Waals surface area contributed by atoms with Gasteiger partial charge in [0.2, 0.25) is 11.8 Å². The highest BCUT2D eigenvalue weighted by atomic mass is 16.2. The Balaban J connectivity index is 3.11. The Morgan fingerprint density at radius 2 is 0.929 bits per heavy atom. The van der Waals surface area contributed by atoms with Crippen molar-refractivity contribution in [3.63, 3.8) is 0 Å². The van der Waals surface area contributed by atoms with Gasteiger partial charge in [0.25, 0.3) is 0 Å². The molecule has 0 aromatic heterocycles. The Kier molecular flexibility index (Phi) is 21.3. The van der Waals surface area contributed by atoms with Gasteiger partial charge in [-0.15, -0.1) is 0 Å². The van der Waals surface area contributed by atoms with Crippen LogP contribution in [0.15, 0.2) is 12.7 Å². The number of hydrogen-bond acceptors (Lipinski definition) is 2. The minimum absolute atomic E-state index is 0.183. The maximum atomic E-state index is 11.4. The third-order valence-electron chi connectivity index (χ3n) is 5.46. The van der Waals surface area contributed by atoms with Crippen molar-refractivity contribution >= 4 is 11.8 Å². The third-order valence-corrected chi connectivity index (χ3v) is 5.46. The molecule has 0 unspecified atom stereocenters. The van der Waals surface area contributed by atoms with Crippen molar-refractivity contribution in [2.24, 2.45) is 0 Å². The first-order valence-corrected chi connectivity index (χ1v) is 12.2. The second-order valence-corrected chi connectivity index (χ2v) is 8.23. The van der Waals surface area contributed by atoms with Crippen LogP contribution in [-0.4, -0.2) is 11.8 Å². The summed E-state index contributed by atoms with van der Waals surface area (Å²) in [6, 6.07) is 0. The molecule has 3 nitrogen and oxygen atoms in total. The molecule has 0 aromatic rings. The number of carbonyl (C=O) groups is 2. The summed E-state index contributed by atoms with van der Waals surface area (Å²) in [5.74, 6) is -0.584. The summed E-state index contributed by atoms with van der Waals surface area (Å²) >= 11 is 0. The van der Waals surface area contributed by atoms with Crippen LogP contribution in [0.4, 0.5) is 0 Å². The molecule has 0 atom stereocenters. The van der Waals surface area contributed by atoms with Crippen molar-refractivity contribution in [3.05, 3.63) is 12.7 Å². The zero-order valence-corrected chi connectivity index (χ0v) is 18.7. The van der Waals surface area contributed by atoms with Crippen LogP contribution in [0.25, 0.3) is 0 Å². The van der Waals surface area contributed by atoms with Crippen LogP contribution in [0, 0.1) is 0 Å². The van der Waals surface area contributed by atoms with Gasteiger partial charge in [-0.05, 0) is 12.5 Å². The van der Waals surface area contributed by atoms with Gasteiger partial charge in [-0.1, -0.05) is 129 Å². The van der Waals surface area contributed by atoms with Gasteiger partial charge >= 0.3 is 0 Å². The normalized spacial score (nSPS) is 10.8. The molecule has 28 heavy (non-hydrogen) atoms. The zero-order chi connectivity index (χ0) is 20.7. The predicted molar refractivity (Wildman–Crippen MR) is 121 cm³/mol. The maximum absolute atomic E-state index is 11.4. The van der Waals surface area contributed by atoms with E-state index < -0.39 is 5.91 Å². The van der Waals surface area contributed by atoms with E-state index in [0.717, 1.165) is 18.9 Å². The highest BCUT2D eigenvalue weighted by Crippen LogP contribution is 2.14. The van der Waals surface area contributed by atoms with Crippen molar-refractivity contribution in [2.45, 2.75) is 135 Å². The Morgan fingerprint density at radius 1 is 0.607 bits per heavy atom. The van der Waals surface area contributed by atoms with Crippen molar-refractivity contribution < 1.29 is 9.59 Å². The minimum atomic E-state index is -0.400. The van der Waals surface area contributed by atoms with Crippen LogP contribution in [-0.2, 0) is 9.59 Å². The highest BCUT2D eigenvalue weighted by molar-refractivity contribution is 6.00. The second-order valence-electron chi connectivity index (χ2n) is 8.23. The van der Waals surface area contributed by atoms with Gasteiger partial charge in [0.05, 0.1) is 0 Å². The number of rotatable bonds is 21. The molecule has 164 valence electrons. The summed E-state index contributed by atoms with van der Waals surface area (Å²) in [5, 5.41) is 2.29. The fourth-order valence-electron chi connectivity index (χ4n) is 3.61. The van der Waals surface area contributed by atoms with Crippen LogP contribution in [0.5, 0.6) is 0 Å². The Hall–Kier alpha value is -1.12. The van der Waals surface area contributed by atoms with Crippen LogP contribution in [0.2, 0.25) is 0 Å². The number of unbranched alkanes of at least 4 members (excludes halogenated alkanes) is 18. The molecule has 0 bridgehead atoms. The molecule has 0 aliphatic rings. The van der Waals surface area contributed by atoms with E-state index in [-0.39, 0.29) is 5.91 Å². The second kappa shape index (κ2) is 22.2. The van der Waals surface area contributed by atoms with Crippen molar-refractivity contribution in [1.29, 1.82) is 0 Å². The van der Waals surface area contributed by atoms with Gasteiger partial charge in [-0.25, -0.2) is 0 Å². The van der Waals surface area contributed by atoms with Crippen LogP contribution in [0.1, 0.15) is 135 Å². The SMILES string of the molecule is C=CC(=O)NC(=O)CCCCCCCCCCCCCCCCCCCCC. The van der Waals surface area contributed by atoms with Crippen LogP contribution >= 0.6 is 0 Å². The molecule has 3 heteroatoms. The Morgan fingerprint density at radius 3 is 1.25 bits per heavy atom. The lowest BCUT2D eigenvalue weighted by molar-refractivity contribution is -0.128. The standard InChI is InChI=1S/C25H47NO2/c1-3-5-6-7-8-9-10-11-12-13-14-15-16-17-18-19-20-21-22-23-25(28)26-24(27)4-2/h4H,2-3,5-23H2,1H3,(H,26,27,28). The molecular formula is C25H47NO2. The van der Waals surface area contributed by atoms with Crippen molar-refractivity contribution in [1.82, 2.24) is 5.32 Å². The predicted octanol–water partition coefficient (Wildman–Crippen LogP) is 7.64. The monoisotopic (exact) mass is 393 g/mol. The Labute approximate surface area is 175 Å². The zero-order valence-electron chi connectivity index (χ0n) is 18.7. The highest BCUT2D eigenvalue weighted by Gasteiger charge is 2.03. The average Bonchev–Trinajstić information content (AvgIpc) is 2.69. The summed E-state index contributed by atoms with van der Waals surface area (Å²) in [6.45, 7) is 5.62. The molecule has 0 fully saturated rings. The molecule has 2 amide bonds. The molecule has 0 rings (SSSR count). The first kappa shape index (κ1) is 26.9. The number of carbonyl (C=O) groups excluding carboxylic acids is 2. The summed E-state index contributed by atoms with van der Waals surface area (Å²) < 4.78 is 0. The number of hydrogen-bond donors (Lipinski definition) is 1. The third kappa shape index (κ3) is 21.2. The molecule has 0 aromatic carbocycles. The van der Waals surface area contributed by atoms with E-state index >= 15 is 0 Å². The molecule has 0 aliphatic heterocycles. The lowest BCUT2D eigenvalue weighted by Gasteiger charge is -2.04. The van der Waals surface area contributed by atoms with E-state index in [1.807, 2.05) is 0 Å². The smallest absolute Gasteiger partial charge is 0.249 e. The van der Waals surface area contributed by atoms with Gasteiger partial charge in [0, 0.05) is 6.42 Å². The van der Waals surface area contributed by atoms with Gasteiger partial charge in [-0.2, -0.15) is 0 Å². The average molecular weight is 394 g/mol. The first-order valence-electron chi connectivity index (χ1n) is 12.2. The fourth-order valence-corrected chi connectivity index (χ4v) is 3.61. The quantitative estimate of drug-likeness (QED) is 0.161. The molecule has 0 saturated heterocycles. The Bertz CT molecular complexity index is 379. The molecule has 0 spiro atoms. The van der Waals surface area contributed by atoms with E-state index in [2.05, 4.69) is 18.8 Å². The first-order chi connectivity index (χ1) is 13.7. The van der Waals surface area contributed by atoms with E-state index in [9.17, 15) is 9.59 Å². The maximum Gasteiger partial charge on any atom is 0.249 e. The summed E-state index contributed by atoms with van der Waals surface area (Å²) in [7, 11) is 0. The van der Waals surface area contributed by atoms with Gasteiger partial charge in [0.15, 0.2) is 0 Å². The minimum Gasteiger partial charge on any atom is -0.293 e. The summed E-state index contributed by atoms with van der Waals surface area (Å²) in [6.07, 6.45) is 27.1. The van der Waals surface area contributed by atoms with Crippen molar-refractivity contribution in [3.8, 4) is 0 Å². The van der Waals surface area contributed by atoms with Gasteiger partial charge in [0.1, 0.15) is 0 Å². The summed E-state index contributed by atoms with van der Waals surface area (Å²) in [5.41, 5.74) is 0. The lowest BCUT2D eigenvalue weighted by atomic mass is 10.0. The largest absolute Gasteiger partial charge is 0.293 e. The molecule has 0 saturated carbocycles. The number of amides is 2.